The lowest BCUT2D eigenvalue weighted by molar-refractivity contribution is 0.542. The summed E-state index contributed by atoms with van der Waals surface area (Å²) in [5.74, 6) is 2.02. The molecule has 1 atom stereocenters. The number of rotatable bonds is 5. The smallest absolute Gasteiger partial charge is 0.242 e. The Labute approximate surface area is 117 Å². The Morgan fingerprint density at radius 3 is 3.00 bits per heavy atom. The minimum atomic E-state index is -3.36. The highest BCUT2D eigenvalue weighted by Crippen LogP contribution is 2.24. The van der Waals surface area contributed by atoms with Gasteiger partial charge in [-0.15, -0.1) is 11.3 Å². The average Bonchev–Trinajstić information content (AvgIpc) is 2.79. The molecule has 0 radical (unpaired) electrons. The first-order valence-electron chi connectivity index (χ1n) is 5.94. The first-order valence-corrected chi connectivity index (χ1v) is 9.46. The van der Waals surface area contributed by atoms with Crippen molar-refractivity contribution in [3.8, 4) is 0 Å². The fourth-order valence-electron chi connectivity index (χ4n) is 1.97. The highest BCUT2D eigenvalue weighted by atomic mass is 32.2. The molecule has 18 heavy (non-hydrogen) atoms. The lowest BCUT2D eigenvalue weighted by Crippen LogP contribution is -2.38. The van der Waals surface area contributed by atoms with Crippen molar-refractivity contribution in [2.24, 2.45) is 0 Å². The molecule has 0 amide bonds. The maximum Gasteiger partial charge on any atom is 0.242 e. The van der Waals surface area contributed by atoms with Crippen molar-refractivity contribution in [2.75, 3.05) is 18.6 Å². The molecule has 1 saturated heterocycles. The molecule has 7 heteroatoms. The Balaban J connectivity index is 2.11. The number of sulfonamides is 1. The van der Waals surface area contributed by atoms with E-state index in [0.717, 1.165) is 29.2 Å². The molecule has 4 nitrogen and oxygen atoms in total. The summed E-state index contributed by atoms with van der Waals surface area (Å²) in [6, 6.07) is 1.77. The number of hydrogen-bond donors (Lipinski definition) is 2. The fraction of sp³-hybridized carbons (Fsp3) is 0.636. The molecule has 1 fully saturated rings. The predicted octanol–water partition coefficient (Wildman–Crippen LogP) is 1.64. The quantitative estimate of drug-likeness (QED) is 0.868. The van der Waals surface area contributed by atoms with E-state index in [0.29, 0.717) is 11.4 Å². The summed E-state index contributed by atoms with van der Waals surface area (Å²) < 4.78 is 27.5. The van der Waals surface area contributed by atoms with Crippen molar-refractivity contribution >= 4 is 33.1 Å². The van der Waals surface area contributed by atoms with E-state index in [4.69, 9.17) is 0 Å². The lowest BCUT2D eigenvalue weighted by atomic mass is 10.2. The van der Waals surface area contributed by atoms with Gasteiger partial charge in [-0.2, -0.15) is 11.8 Å². The summed E-state index contributed by atoms with van der Waals surface area (Å²) in [4.78, 5) is 1.30. The van der Waals surface area contributed by atoms with Crippen LogP contribution in [0.3, 0.4) is 0 Å². The first kappa shape index (κ1) is 14.3. The summed E-state index contributed by atoms with van der Waals surface area (Å²) in [6.07, 6.45) is 2.03. The molecule has 1 aromatic rings. The maximum atomic E-state index is 12.3. The summed E-state index contributed by atoms with van der Waals surface area (Å²) in [5, 5.41) is 4.83. The largest absolute Gasteiger partial charge is 0.315 e. The third kappa shape index (κ3) is 3.48. The van der Waals surface area contributed by atoms with E-state index in [1.165, 1.54) is 11.3 Å². The van der Waals surface area contributed by atoms with Gasteiger partial charge in [0.25, 0.3) is 0 Å². The van der Waals surface area contributed by atoms with Crippen molar-refractivity contribution in [1.29, 1.82) is 0 Å². The maximum absolute atomic E-state index is 12.3. The average molecular weight is 306 g/mol. The van der Waals surface area contributed by atoms with Crippen LogP contribution < -0.4 is 10.0 Å². The van der Waals surface area contributed by atoms with Crippen LogP contribution in [0.4, 0.5) is 0 Å². The van der Waals surface area contributed by atoms with Gasteiger partial charge < -0.3 is 5.32 Å². The van der Waals surface area contributed by atoms with Gasteiger partial charge in [0.1, 0.15) is 0 Å². The first-order chi connectivity index (χ1) is 8.63. The summed E-state index contributed by atoms with van der Waals surface area (Å²) >= 11 is 3.29. The lowest BCUT2D eigenvalue weighted by Gasteiger charge is -2.22. The summed E-state index contributed by atoms with van der Waals surface area (Å²) in [6.45, 7) is 0.591. The zero-order valence-corrected chi connectivity index (χ0v) is 12.8. The van der Waals surface area contributed by atoms with Gasteiger partial charge >= 0.3 is 0 Å². The zero-order chi connectivity index (χ0) is 13.0. The summed E-state index contributed by atoms with van der Waals surface area (Å²) in [5.41, 5.74) is 0. The van der Waals surface area contributed by atoms with Gasteiger partial charge in [-0.1, -0.05) is 0 Å². The SMILES string of the molecule is CNCc1sccc1S(=O)(=O)NC1CCCSC1. The Bertz CT molecular complexity index is 478. The molecule has 0 aromatic carbocycles. The van der Waals surface area contributed by atoms with Crippen molar-refractivity contribution in [3.05, 3.63) is 16.3 Å². The number of nitrogens with one attached hydrogen (secondary N) is 2. The minimum absolute atomic E-state index is 0.0797. The second-order valence-corrected chi connectivity index (χ2v) is 8.11. The monoisotopic (exact) mass is 306 g/mol. The van der Waals surface area contributed by atoms with E-state index < -0.39 is 10.0 Å². The van der Waals surface area contributed by atoms with Gasteiger partial charge in [0.2, 0.25) is 10.0 Å². The number of thiophene rings is 1. The van der Waals surface area contributed by atoms with E-state index in [-0.39, 0.29) is 6.04 Å². The Hall–Kier alpha value is -0.0800. The van der Waals surface area contributed by atoms with E-state index in [2.05, 4.69) is 10.0 Å². The predicted molar refractivity (Wildman–Crippen MR) is 77.8 cm³/mol. The van der Waals surface area contributed by atoms with Crippen LogP contribution in [0.1, 0.15) is 17.7 Å². The molecule has 2 N–H and O–H groups in total. The van der Waals surface area contributed by atoms with Crippen LogP contribution >= 0.6 is 23.1 Å². The molecule has 0 bridgehead atoms. The Kier molecular flexibility index (Phi) is 5.08. The number of thioether (sulfide) groups is 1. The van der Waals surface area contributed by atoms with Crippen molar-refractivity contribution in [2.45, 2.75) is 30.3 Å². The number of hydrogen-bond acceptors (Lipinski definition) is 5. The van der Waals surface area contributed by atoms with Gasteiger partial charge in [-0.25, -0.2) is 13.1 Å². The molecule has 1 aromatic heterocycles. The van der Waals surface area contributed by atoms with Crippen LogP contribution in [0, 0.1) is 0 Å². The second-order valence-electron chi connectivity index (χ2n) is 4.27. The molecule has 0 spiro atoms. The minimum Gasteiger partial charge on any atom is -0.315 e. The molecular weight excluding hydrogens is 288 g/mol. The molecule has 1 aliphatic heterocycles. The standard InChI is InChI=1S/C11H18N2O2S3/c1-12-7-10-11(4-6-17-10)18(14,15)13-9-3-2-5-16-8-9/h4,6,9,12-13H,2-3,5,7-8H2,1H3. The third-order valence-corrected chi connectivity index (χ3v) is 6.68. The molecule has 1 aliphatic rings. The Morgan fingerprint density at radius 1 is 1.50 bits per heavy atom. The van der Waals surface area contributed by atoms with Crippen LogP contribution in [0.25, 0.3) is 0 Å². The van der Waals surface area contributed by atoms with Gasteiger partial charge in [0.15, 0.2) is 0 Å². The van der Waals surface area contributed by atoms with Gasteiger partial charge in [-0.05, 0) is 37.1 Å². The van der Waals surface area contributed by atoms with Crippen LogP contribution in [0.5, 0.6) is 0 Å². The van der Waals surface area contributed by atoms with E-state index >= 15 is 0 Å². The van der Waals surface area contributed by atoms with Crippen LogP contribution in [0.2, 0.25) is 0 Å². The van der Waals surface area contributed by atoms with Crippen molar-refractivity contribution in [3.63, 3.8) is 0 Å². The molecule has 2 rings (SSSR count). The third-order valence-electron chi connectivity index (χ3n) is 2.81. The van der Waals surface area contributed by atoms with Crippen LogP contribution in [-0.4, -0.2) is 33.0 Å². The molecule has 0 saturated carbocycles. The van der Waals surface area contributed by atoms with E-state index in [9.17, 15) is 8.42 Å². The normalized spacial score (nSPS) is 21.1. The molecule has 1 unspecified atom stereocenters. The van der Waals surface area contributed by atoms with Crippen LogP contribution in [0.15, 0.2) is 16.3 Å². The second kappa shape index (κ2) is 6.38. The summed E-state index contributed by atoms with van der Waals surface area (Å²) in [7, 11) is -1.54. The molecule has 0 aliphatic carbocycles. The van der Waals surface area contributed by atoms with Gasteiger partial charge in [-0.3, -0.25) is 0 Å². The van der Waals surface area contributed by atoms with Gasteiger partial charge in [0, 0.05) is 23.2 Å². The van der Waals surface area contributed by atoms with Crippen LogP contribution in [-0.2, 0) is 16.6 Å². The van der Waals surface area contributed by atoms with E-state index in [1.54, 1.807) is 6.07 Å². The fourth-order valence-corrected chi connectivity index (χ4v) is 5.88. The Morgan fingerprint density at radius 2 is 2.33 bits per heavy atom. The van der Waals surface area contributed by atoms with E-state index in [1.807, 2.05) is 24.2 Å². The molecule has 102 valence electrons. The highest BCUT2D eigenvalue weighted by Gasteiger charge is 2.24. The zero-order valence-electron chi connectivity index (χ0n) is 10.3. The molecular formula is C11H18N2O2S3. The van der Waals surface area contributed by atoms with Crippen molar-refractivity contribution < 1.29 is 8.42 Å². The molecule has 2 heterocycles. The topological polar surface area (TPSA) is 58.2 Å². The van der Waals surface area contributed by atoms with Crippen molar-refractivity contribution in [1.82, 2.24) is 10.0 Å². The van der Waals surface area contributed by atoms with Gasteiger partial charge in [0.05, 0.1) is 4.90 Å². The highest BCUT2D eigenvalue weighted by molar-refractivity contribution is 7.99.